The Hall–Kier alpha value is -2.80. The standard InChI is InChI=1S/C21H20FN3O2S/c22-15-8-4-7-14(11-15)20(27)23-16-9-10-17-18(12-16)28-21(24-17)25-19(26)13-5-2-1-3-6-13/h4,7-13H,1-3,5-6H2,(H,23,27)(H,24,25,26). The highest BCUT2D eigenvalue weighted by Gasteiger charge is 2.22. The number of rotatable bonds is 4. The van der Waals surface area contributed by atoms with Crippen LogP contribution in [0, 0.1) is 11.7 Å². The molecule has 1 aliphatic rings. The van der Waals surface area contributed by atoms with Crippen molar-refractivity contribution in [1.82, 2.24) is 4.98 Å². The van der Waals surface area contributed by atoms with E-state index in [9.17, 15) is 14.0 Å². The van der Waals surface area contributed by atoms with Crippen LogP contribution in [0.5, 0.6) is 0 Å². The van der Waals surface area contributed by atoms with Crippen molar-refractivity contribution in [3.63, 3.8) is 0 Å². The molecule has 7 heteroatoms. The van der Waals surface area contributed by atoms with Gasteiger partial charge in [0.25, 0.3) is 5.91 Å². The minimum absolute atomic E-state index is 0.0402. The molecule has 28 heavy (non-hydrogen) atoms. The van der Waals surface area contributed by atoms with Crippen LogP contribution in [0.2, 0.25) is 0 Å². The lowest BCUT2D eigenvalue weighted by molar-refractivity contribution is -0.120. The second kappa shape index (κ2) is 8.06. The molecule has 144 valence electrons. The Bertz CT molecular complexity index is 1030. The summed E-state index contributed by atoms with van der Waals surface area (Å²) >= 11 is 1.37. The van der Waals surface area contributed by atoms with E-state index in [4.69, 9.17) is 0 Å². The molecule has 3 aromatic rings. The molecule has 1 aromatic heterocycles. The Morgan fingerprint density at radius 2 is 1.86 bits per heavy atom. The molecule has 4 rings (SSSR count). The Labute approximate surface area is 166 Å². The van der Waals surface area contributed by atoms with Crippen LogP contribution in [0.15, 0.2) is 42.5 Å². The minimum atomic E-state index is -0.455. The summed E-state index contributed by atoms with van der Waals surface area (Å²) in [6.45, 7) is 0. The van der Waals surface area contributed by atoms with Crippen LogP contribution in [-0.2, 0) is 4.79 Å². The predicted octanol–water partition coefficient (Wildman–Crippen LogP) is 5.21. The first-order valence-electron chi connectivity index (χ1n) is 9.37. The van der Waals surface area contributed by atoms with E-state index in [0.29, 0.717) is 10.8 Å². The topological polar surface area (TPSA) is 71.1 Å². The van der Waals surface area contributed by atoms with Crippen LogP contribution >= 0.6 is 11.3 Å². The van der Waals surface area contributed by atoms with Crippen LogP contribution in [0.3, 0.4) is 0 Å². The third-order valence-corrected chi connectivity index (χ3v) is 5.87. The predicted molar refractivity (Wildman–Crippen MR) is 109 cm³/mol. The van der Waals surface area contributed by atoms with Crippen LogP contribution in [-0.4, -0.2) is 16.8 Å². The van der Waals surface area contributed by atoms with Crippen molar-refractivity contribution in [3.05, 3.63) is 53.8 Å². The molecule has 0 radical (unpaired) electrons. The molecular formula is C21H20FN3O2S. The Balaban J connectivity index is 1.47. The van der Waals surface area contributed by atoms with Gasteiger partial charge in [-0.3, -0.25) is 9.59 Å². The van der Waals surface area contributed by atoms with Crippen molar-refractivity contribution in [2.24, 2.45) is 5.92 Å². The number of nitrogens with zero attached hydrogens (tertiary/aromatic N) is 1. The zero-order chi connectivity index (χ0) is 19.5. The highest BCUT2D eigenvalue weighted by molar-refractivity contribution is 7.22. The van der Waals surface area contributed by atoms with Crippen LogP contribution < -0.4 is 10.6 Å². The summed E-state index contributed by atoms with van der Waals surface area (Å²) in [6, 6.07) is 10.9. The highest BCUT2D eigenvalue weighted by Crippen LogP contribution is 2.30. The summed E-state index contributed by atoms with van der Waals surface area (Å²) in [5, 5.41) is 6.27. The van der Waals surface area contributed by atoms with E-state index in [0.717, 1.165) is 35.9 Å². The van der Waals surface area contributed by atoms with Gasteiger partial charge in [-0.1, -0.05) is 36.7 Å². The van der Waals surface area contributed by atoms with Gasteiger partial charge in [-0.25, -0.2) is 9.37 Å². The molecule has 1 heterocycles. The molecule has 0 bridgehead atoms. The van der Waals surface area contributed by atoms with Gasteiger partial charge in [-0.05, 0) is 49.2 Å². The first kappa shape index (κ1) is 18.6. The van der Waals surface area contributed by atoms with Gasteiger partial charge in [-0.15, -0.1) is 0 Å². The van der Waals surface area contributed by atoms with Crippen LogP contribution in [0.25, 0.3) is 10.2 Å². The molecule has 1 saturated carbocycles. The Morgan fingerprint density at radius 3 is 2.64 bits per heavy atom. The zero-order valence-corrected chi connectivity index (χ0v) is 16.0. The molecule has 2 aromatic carbocycles. The van der Waals surface area contributed by atoms with Crippen molar-refractivity contribution >= 4 is 44.2 Å². The number of hydrogen-bond acceptors (Lipinski definition) is 4. The van der Waals surface area contributed by atoms with Crippen LogP contribution in [0.4, 0.5) is 15.2 Å². The van der Waals surface area contributed by atoms with E-state index in [1.54, 1.807) is 24.3 Å². The fourth-order valence-corrected chi connectivity index (χ4v) is 4.37. The van der Waals surface area contributed by atoms with Crippen molar-refractivity contribution in [2.45, 2.75) is 32.1 Å². The number of aromatic nitrogens is 1. The molecule has 0 atom stereocenters. The second-order valence-electron chi connectivity index (χ2n) is 6.99. The maximum Gasteiger partial charge on any atom is 0.255 e. The van der Waals surface area contributed by atoms with E-state index < -0.39 is 5.82 Å². The Morgan fingerprint density at radius 1 is 1.04 bits per heavy atom. The molecule has 0 unspecified atom stereocenters. The number of halogens is 1. The van der Waals surface area contributed by atoms with E-state index in [1.165, 1.54) is 36.0 Å². The van der Waals surface area contributed by atoms with Gasteiger partial charge in [0, 0.05) is 17.2 Å². The zero-order valence-electron chi connectivity index (χ0n) is 15.2. The van der Waals surface area contributed by atoms with Crippen LogP contribution in [0.1, 0.15) is 42.5 Å². The van der Waals surface area contributed by atoms with Gasteiger partial charge in [-0.2, -0.15) is 0 Å². The number of carbonyl (C=O) groups is 2. The number of thiazole rings is 1. The smallest absolute Gasteiger partial charge is 0.255 e. The fraction of sp³-hybridized carbons (Fsp3) is 0.286. The number of hydrogen-bond donors (Lipinski definition) is 2. The number of amides is 2. The molecule has 2 amide bonds. The number of fused-ring (bicyclic) bond motifs is 1. The molecular weight excluding hydrogens is 377 g/mol. The summed E-state index contributed by atoms with van der Waals surface area (Å²) in [6.07, 6.45) is 5.29. The van der Waals surface area contributed by atoms with Crippen molar-refractivity contribution in [3.8, 4) is 0 Å². The van der Waals surface area contributed by atoms with E-state index in [-0.39, 0.29) is 23.3 Å². The van der Waals surface area contributed by atoms with Gasteiger partial charge in [0.1, 0.15) is 5.82 Å². The van der Waals surface area contributed by atoms with Crippen molar-refractivity contribution < 1.29 is 14.0 Å². The normalized spacial score (nSPS) is 14.8. The summed E-state index contributed by atoms with van der Waals surface area (Å²) in [7, 11) is 0. The maximum absolute atomic E-state index is 13.3. The van der Waals surface area contributed by atoms with Crippen molar-refractivity contribution in [1.29, 1.82) is 0 Å². The van der Waals surface area contributed by atoms with Gasteiger partial charge in [0.15, 0.2) is 5.13 Å². The lowest BCUT2D eigenvalue weighted by Gasteiger charge is -2.19. The second-order valence-corrected chi connectivity index (χ2v) is 8.02. The monoisotopic (exact) mass is 397 g/mol. The first-order valence-corrected chi connectivity index (χ1v) is 10.2. The molecule has 2 N–H and O–H groups in total. The maximum atomic E-state index is 13.3. The SMILES string of the molecule is O=C(Nc1ccc2nc(NC(=O)C3CCCCC3)sc2c1)c1cccc(F)c1. The third kappa shape index (κ3) is 4.20. The number of nitrogens with one attached hydrogen (secondary N) is 2. The van der Waals surface area contributed by atoms with Gasteiger partial charge in [0.05, 0.1) is 10.2 Å². The number of carbonyl (C=O) groups excluding carboxylic acids is 2. The molecule has 0 saturated heterocycles. The summed E-state index contributed by atoms with van der Waals surface area (Å²) in [5.41, 5.74) is 1.60. The first-order chi connectivity index (χ1) is 13.6. The molecule has 5 nitrogen and oxygen atoms in total. The number of anilines is 2. The summed E-state index contributed by atoms with van der Waals surface area (Å²) in [4.78, 5) is 29.2. The summed E-state index contributed by atoms with van der Waals surface area (Å²) < 4.78 is 14.2. The molecule has 1 aliphatic carbocycles. The Kier molecular flexibility index (Phi) is 5.34. The highest BCUT2D eigenvalue weighted by atomic mass is 32.1. The quantitative estimate of drug-likeness (QED) is 0.635. The van der Waals surface area contributed by atoms with E-state index in [2.05, 4.69) is 15.6 Å². The lowest BCUT2D eigenvalue weighted by Crippen LogP contribution is -2.24. The van der Waals surface area contributed by atoms with Gasteiger partial charge in [0.2, 0.25) is 5.91 Å². The fourth-order valence-electron chi connectivity index (χ4n) is 3.46. The van der Waals surface area contributed by atoms with Gasteiger partial charge < -0.3 is 10.6 Å². The summed E-state index contributed by atoms with van der Waals surface area (Å²) in [5.74, 6) is -0.724. The van der Waals surface area contributed by atoms with E-state index >= 15 is 0 Å². The van der Waals surface area contributed by atoms with E-state index in [1.807, 2.05) is 0 Å². The number of benzene rings is 2. The molecule has 0 aliphatic heterocycles. The molecule has 1 fully saturated rings. The average molecular weight is 397 g/mol. The molecule has 0 spiro atoms. The minimum Gasteiger partial charge on any atom is -0.322 e. The lowest BCUT2D eigenvalue weighted by atomic mass is 9.89. The van der Waals surface area contributed by atoms with Crippen molar-refractivity contribution in [2.75, 3.05) is 10.6 Å². The average Bonchev–Trinajstić information content (AvgIpc) is 3.10. The third-order valence-electron chi connectivity index (χ3n) is 4.94. The van der Waals surface area contributed by atoms with Gasteiger partial charge >= 0.3 is 0 Å². The largest absolute Gasteiger partial charge is 0.322 e.